The van der Waals surface area contributed by atoms with Gasteiger partial charge in [-0.25, -0.2) is 4.90 Å². The van der Waals surface area contributed by atoms with Crippen LogP contribution >= 0.6 is 0 Å². The lowest BCUT2D eigenvalue weighted by Gasteiger charge is -2.51. The summed E-state index contributed by atoms with van der Waals surface area (Å²) in [6, 6.07) is 20.6. The molecule has 1 N–H and O–H groups in total. The molecule has 2 bridgehead atoms. The van der Waals surface area contributed by atoms with Crippen LogP contribution in [0.1, 0.15) is 28.2 Å². The van der Waals surface area contributed by atoms with Gasteiger partial charge in [0.2, 0.25) is 11.8 Å². The molecule has 0 spiro atoms. The van der Waals surface area contributed by atoms with Gasteiger partial charge in [0.15, 0.2) is 0 Å². The third-order valence-corrected chi connectivity index (χ3v) is 7.20. The van der Waals surface area contributed by atoms with Crippen molar-refractivity contribution < 1.29 is 19.6 Å². The molecule has 0 unspecified atom stereocenters. The monoisotopic (exact) mass is 425 g/mol. The zero-order chi connectivity index (χ0) is 22.2. The van der Waals surface area contributed by atoms with Crippen molar-refractivity contribution in [2.75, 3.05) is 10.1 Å². The van der Waals surface area contributed by atoms with Gasteiger partial charge in [0.05, 0.1) is 28.6 Å². The molecular weight excluding hydrogens is 408 g/mol. The molecule has 3 aromatic rings. The lowest BCUT2D eigenvalue weighted by atomic mass is 9.48. The molecule has 0 radical (unpaired) electrons. The topological polar surface area (TPSA) is 101 Å². The maximum Gasteiger partial charge on any atom is 0.239 e. The Morgan fingerprint density at radius 3 is 1.97 bits per heavy atom. The van der Waals surface area contributed by atoms with E-state index in [9.17, 15) is 19.6 Å². The van der Waals surface area contributed by atoms with E-state index in [2.05, 4.69) is 0 Å². The molecule has 2 amide bonds. The molecule has 1 fully saturated rings. The van der Waals surface area contributed by atoms with Crippen LogP contribution in [0, 0.1) is 17.0 Å². The van der Waals surface area contributed by atoms with Gasteiger partial charge in [-0.1, -0.05) is 48.5 Å². The van der Waals surface area contributed by atoms with Gasteiger partial charge in [-0.05, 0) is 46.5 Å². The fourth-order valence-corrected chi connectivity index (χ4v) is 6.01. The largest absolute Gasteiger partial charge is 0.733 e. The zero-order valence-corrected chi connectivity index (χ0v) is 16.7. The molecule has 0 saturated carbocycles. The summed E-state index contributed by atoms with van der Waals surface area (Å²) in [5.41, 5.74) is 2.40. The van der Waals surface area contributed by atoms with Crippen LogP contribution in [-0.4, -0.2) is 23.3 Å². The van der Waals surface area contributed by atoms with Crippen molar-refractivity contribution in [1.29, 1.82) is 0 Å². The smallest absolute Gasteiger partial charge is 0.239 e. The van der Waals surface area contributed by atoms with E-state index in [1.807, 2.05) is 48.5 Å². The molecule has 7 nitrogen and oxygen atoms in total. The Hall–Kier alpha value is -3.81. The van der Waals surface area contributed by atoms with E-state index in [1.54, 1.807) is 0 Å². The summed E-state index contributed by atoms with van der Waals surface area (Å²) >= 11 is 0. The minimum Gasteiger partial charge on any atom is -0.733 e. The highest BCUT2D eigenvalue weighted by molar-refractivity contribution is 6.24. The molecule has 7 heteroatoms. The summed E-state index contributed by atoms with van der Waals surface area (Å²) in [6.07, 6.45) is 0.830. The third-order valence-electron chi connectivity index (χ3n) is 7.20. The van der Waals surface area contributed by atoms with Gasteiger partial charge >= 0.3 is 0 Å². The maximum atomic E-state index is 13.8. The van der Waals surface area contributed by atoms with Gasteiger partial charge in [-0.3, -0.25) is 14.8 Å². The van der Waals surface area contributed by atoms with Gasteiger partial charge in [0, 0.05) is 5.92 Å². The summed E-state index contributed by atoms with van der Waals surface area (Å²) < 4.78 is 0. The number of hydrogen-bond donors (Lipinski definition) is 1. The second-order valence-corrected chi connectivity index (χ2v) is 8.44. The number of amides is 2. The predicted octanol–water partition coefficient (Wildman–Crippen LogP) is 3.13. The summed E-state index contributed by atoms with van der Waals surface area (Å²) in [4.78, 5) is 41.5. The molecule has 3 aliphatic carbocycles. The second kappa shape index (κ2) is 6.35. The van der Waals surface area contributed by atoms with Gasteiger partial charge in [-0.2, -0.15) is 0 Å². The van der Waals surface area contributed by atoms with Crippen LogP contribution in [0.15, 0.2) is 72.8 Å². The first-order chi connectivity index (χ1) is 15.5. The number of aldehydes is 1. The van der Waals surface area contributed by atoms with Crippen LogP contribution in [-0.2, 0) is 19.8 Å². The Kier molecular flexibility index (Phi) is 3.75. The summed E-state index contributed by atoms with van der Waals surface area (Å²) in [7, 11) is 0. The molecule has 7 rings (SSSR count). The second-order valence-electron chi connectivity index (χ2n) is 8.44. The van der Waals surface area contributed by atoms with Crippen molar-refractivity contribution in [3.8, 4) is 0 Å². The number of rotatable bonds is 3. The summed E-state index contributed by atoms with van der Waals surface area (Å²) in [6.45, 7) is 0. The Labute approximate surface area is 183 Å². The number of hydrogen-bond acceptors (Lipinski definition) is 6. The van der Waals surface area contributed by atoms with Crippen LogP contribution in [0.4, 0.5) is 11.4 Å². The fraction of sp³-hybridized carbons (Fsp3) is 0.160. The van der Waals surface area contributed by atoms with Crippen LogP contribution in [0.25, 0.3) is 0 Å². The van der Waals surface area contributed by atoms with E-state index in [1.165, 1.54) is 24.3 Å². The molecule has 4 aliphatic rings. The lowest BCUT2D eigenvalue weighted by Crippen LogP contribution is -2.54. The average molecular weight is 425 g/mol. The summed E-state index contributed by atoms with van der Waals surface area (Å²) in [5.74, 6) is -2.68. The Morgan fingerprint density at radius 2 is 1.44 bits per heavy atom. The van der Waals surface area contributed by atoms with Crippen LogP contribution in [0.3, 0.4) is 0 Å². The summed E-state index contributed by atoms with van der Waals surface area (Å²) in [5, 5.41) is 19.9. The van der Waals surface area contributed by atoms with E-state index in [0.717, 1.165) is 33.4 Å². The SMILES string of the molecule is O=CC12c3ccccc3C(c3ccccc31)[C@@H]1C(=O)N(c3ccc(N([O-])O)cc3)C(=O)[C@H]12. The first-order valence-corrected chi connectivity index (χ1v) is 10.3. The van der Waals surface area contributed by atoms with E-state index in [0.29, 0.717) is 5.69 Å². The van der Waals surface area contributed by atoms with E-state index in [-0.39, 0.29) is 22.7 Å². The molecule has 158 valence electrons. The quantitative estimate of drug-likeness (QED) is 0.393. The minimum atomic E-state index is -1.25. The van der Waals surface area contributed by atoms with Crippen molar-refractivity contribution >= 4 is 29.5 Å². The normalized spacial score (nSPS) is 27.1. The number of carbonyl (C=O) groups excluding carboxylic acids is 3. The molecule has 0 aromatic heterocycles. The Balaban J connectivity index is 1.58. The number of anilines is 2. The standard InChI is InChI=1S/C25H17N2O5/c28-13-25-18-7-3-1-5-16(18)20(17-6-2-4-8-19(17)25)21-22(25)24(30)26(23(21)29)14-9-11-15(12-10-14)27(31)32/h1-13,20-22,31H/q-1/t20?,21-,22-,25?/m0/s1. The Morgan fingerprint density at radius 1 is 0.875 bits per heavy atom. The molecule has 2 atom stereocenters. The fourth-order valence-electron chi connectivity index (χ4n) is 6.01. The van der Waals surface area contributed by atoms with Gasteiger partial charge in [0.1, 0.15) is 6.29 Å². The highest BCUT2D eigenvalue weighted by Crippen LogP contribution is 2.63. The molecule has 3 aromatic carbocycles. The molecule has 1 aliphatic heterocycles. The number of imide groups is 1. The highest BCUT2D eigenvalue weighted by Gasteiger charge is 2.68. The van der Waals surface area contributed by atoms with E-state index >= 15 is 0 Å². The molecule has 1 saturated heterocycles. The number of nitrogens with zero attached hydrogens (tertiary/aromatic N) is 2. The van der Waals surface area contributed by atoms with E-state index in [4.69, 9.17) is 5.21 Å². The Bertz CT molecular complexity index is 1250. The maximum absolute atomic E-state index is 13.8. The molecule has 1 heterocycles. The van der Waals surface area contributed by atoms with Gasteiger partial charge < -0.3 is 15.2 Å². The van der Waals surface area contributed by atoms with Crippen LogP contribution in [0.5, 0.6) is 0 Å². The lowest BCUT2D eigenvalue weighted by molar-refractivity contribution is -0.128. The van der Waals surface area contributed by atoms with Crippen LogP contribution in [0.2, 0.25) is 0 Å². The van der Waals surface area contributed by atoms with Crippen molar-refractivity contribution in [2.24, 2.45) is 11.8 Å². The highest BCUT2D eigenvalue weighted by atomic mass is 16.8. The number of benzene rings is 3. The van der Waals surface area contributed by atoms with Crippen molar-refractivity contribution in [2.45, 2.75) is 11.3 Å². The molecular formula is C25H17N2O5-. The van der Waals surface area contributed by atoms with Crippen molar-refractivity contribution in [1.82, 2.24) is 0 Å². The van der Waals surface area contributed by atoms with Crippen molar-refractivity contribution in [3.63, 3.8) is 0 Å². The molecule has 32 heavy (non-hydrogen) atoms. The van der Waals surface area contributed by atoms with E-state index < -0.39 is 23.2 Å². The van der Waals surface area contributed by atoms with Gasteiger partial charge in [-0.15, -0.1) is 0 Å². The first kappa shape index (κ1) is 18.9. The minimum absolute atomic E-state index is 0.0190. The van der Waals surface area contributed by atoms with Gasteiger partial charge in [0.25, 0.3) is 0 Å². The first-order valence-electron chi connectivity index (χ1n) is 10.3. The number of carbonyl (C=O) groups is 3. The van der Waals surface area contributed by atoms with Crippen LogP contribution < -0.4 is 10.1 Å². The average Bonchev–Trinajstić information content (AvgIpc) is 3.10. The third kappa shape index (κ3) is 2.09. The van der Waals surface area contributed by atoms with Crippen molar-refractivity contribution in [3.05, 3.63) is 100 Å². The zero-order valence-electron chi connectivity index (χ0n) is 16.7. The predicted molar refractivity (Wildman–Crippen MR) is 115 cm³/mol.